The summed E-state index contributed by atoms with van der Waals surface area (Å²) in [6.07, 6.45) is 3.45. The monoisotopic (exact) mass is 436 g/mol. The van der Waals surface area contributed by atoms with Crippen molar-refractivity contribution in [2.75, 3.05) is 11.1 Å². The molecule has 3 heterocycles. The Morgan fingerprint density at radius 2 is 1.69 bits per heavy atom. The predicted octanol–water partition coefficient (Wildman–Crippen LogP) is 5.24. The summed E-state index contributed by atoms with van der Waals surface area (Å²) < 4.78 is 0. The number of nitrogens with one attached hydrogen (secondary N) is 1. The quantitative estimate of drug-likeness (QED) is 0.327. The van der Waals surface area contributed by atoms with Crippen molar-refractivity contribution in [2.24, 2.45) is 0 Å². The van der Waals surface area contributed by atoms with Crippen LogP contribution in [-0.2, 0) is 6.54 Å². The van der Waals surface area contributed by atoms with E-state index in [0.717, 1.165) is 39.1 Å². The number of nitrogen functional groups attached to an aromatic ring is 1. The van der Waals surface area contributed by atoms with Crippen LogP contribution in [0.25, 0.3) is 33.4 Å². The van der Waals surface area contributed by atoms with Gasteiger partial charge in [-0.15, -0.1) is 12.6 Å². The van der Waals surface area contributed by atoms with Gasteiger partial charge in [-0.3, -0.25) is 4.98 Å². The minimum absolute atomic E-state index is 0.373. The van der Waals surface area contributed by atoms with E-state index >= 15 is 0 Å². The third-order valence-corrected chi connectivity index (χ3v) is 5.48. The Kier molecular flexibility index (Phi) is 5.39. The third-order valence-electron chi connectivity index (χ3n) is 5.13. The summed E-state index contributed by atoms with van der Waals surface area (Å²) in [7, 11) is 0. The van der Waals surface area contributed by atoms with E-state index < -0.39 is 0 Å². The van der Waals surface area contributed by atoms with Gasteiger partial charge < -0.3 is 11.1 Å². The van der Waals surface area contributed by atoms with Crippen molar-refractivity contribution >= 4 is 35.2 Å². The fourth-order valence-corrected chi connectivity index (χ4v) is 3.76. The largest absolute Gasteiger partial charge is 0.383 e. The van der Waals surface area contributed by atoms with Gasteiger partial charge in [-0.25, -0.2) is 15.0 Å². The molecule has 156 valence electrons. The Bertz CT molecular complexity index is 1390. The second-order valence-corrected chi connectivity index (χ2v) is 7.75. The van der Waals surface area contributed by atoms with Crippen LogP contribution in [0.4, 0.5) is 11.6 Å². The first-order valence-electron chi connectivity index (χ1n) is 10.1. The van der Waals surface area contributed by atoms with E-state index in [0.29, 0.717) is 23.1 Å². The molecular weight excluding hydrogens is 416 g/mol. The van der Waals surface area contributed by atoms with Crippen LogP contribution < -0.4 is 11.1 Å². The molecule has 0 saturated heterocycles. The van der Waals surface area contributed by atoms with E-state index in [4.69, 9.17) is 15.7 Å². The fraction of sp³-hybridized carbons (Fsp3) is 0.0400. The second-order valence-electron chi connectivity index (χ2n) is 7.26. The molecule has 2 aromatic carbocycles. The molecule has 0 amide bonds. The van der Waals surface area contributed by atoms with Crippen molar-refractivity contribution in [1.29, 1.82) is 0 Å². The van der Waals surface area contributed by atoms with Crippen molar-refractivity contribution in [1.82, 2.24) is 19.9 Å². The van der Waals surface area contributed by atoms with Crippen LogP contribution in [0.15, 0.2) is 90.1 Å². The van der Waals surface area contributed by atoms with Gasteiger partial charge in [-0.2, -0.15) is 0 Å². The molecule has 0 fully saturated rings. The number of anilines is 2. The summed E-state index contributed by atoms with van der Waals surface area (Å²) in [5.41, 5.74) is 10.5. The van der Waals surface area contributed by atoms with Gasteiger partial charge in [0, 0.05) is 22.9 Å². The first kappa shape index (κ1) is 20.0. The normalized spacial score (nSPS) is 10.9. The Labute approximate surface area is 191 Å². The Hall–Kier alpha value is -3.97. The Morgan fingerprint density at radius 1 is 0.844 bits per heavy atom. The van der Waals surface area contributed by atoms with Crippen molar-refractivity contribution in [3.8, 4) is 22.5 Å². The first-order chi connectivity index (χ1) is 15.7. The average Bonchev–Trinajstić information content (AvgIpc) is 2.85. The molecule has 6 nitrogen and oxygen atoms in total. The molecule has 0 aliphatic carbocycles. The van der Waals surface area contributed by atoms with Crippen molar-refractivity contribution < 1.29 is 0 Å². The highest BCUT2D eigenvalue weighted by Crippen LogP contribution is 2.34. The number of benzene rings is 2. The lowest BCUT2D eigenvalue weighted by molar-refractivity contribution is 1.03. The summed E-state index contributed by atoms with van der Waals surface area (Å²) in [4.78, 5) is 18.9. The zero-order chi connectivity index (χ0) is 21.9. The number of pyridine rings is 2. The van der Waals surface area contributed by atoms with E-state index in [-0.39, 0.29) is 0 Å². The van der Waals surface area contributed by atoms with E-state index in [2.05, 4.69) is 46.1 Å². The number of nitrogens with zero attached hydrogens (tertiary/aromatic N) is 4. The molecule has 0 spiro atoms. The number of fused-ring (bicyclic) bond motifs is 1. The lowest BCUT2D eigenvalue weighted by atomic mass is 10.0. The lowest BCUT2D eigenvalue weighted by Gasteiger charge is -2.14. The summed E-state index contributed by atoms with van der Waals surface area (Å²) in [6.45, 7) is 0.535. The molecule has 0 atom stereocenters. The van der Waals surface area contributed by atoms with Gasteiger partial charge in [0.25, 0.3) is 0 Å². The topological polar surface area (TPSA) is 89.6 Å². The highest BCUT2D eigenvalue weighted by molar-refractivity contribution is 7.80. The number of rotatable bonds is 5. The minimum atomic E-state index is 0.373. The van der Waals surface area contributed by atoms with Gasteiger partial charge >= 0.3 is 0 Å². The molecule has 0 saturated carbocycles. The maximum atomic E-state index is 5.84. The van der Waals surface area contributed by atoms with Gasteiger partial charge in [-0.1, -0.05) is 48.5 Å². The van der Waals surface area contributed by atoms with Gasteiger partial charge in [0.1, 0.15) is 11.6 Å². The maximum Gasteiger partial charge on any atom is 0.163 e. The van der Waals surface area contributed by atoms with Crippen LogP contribution in [0.2, 0.25) is 0 Å². The third kappa shape index (κ3) is 3.98. The molecule has 5 rings (SSSR count). The van der Waals surface area contributed by atoms with E-state index in [1.54, 1.807) is 12.4 Å². The molecule has 32 heavy (non-hydrogen) atoms. The van der Waals surface area contributed by atoms with Crippen LogP contribution in [0.1, 0.15) is 5.69 Å². The SMILES string of the molecule is Nc1ncc(-c2nc(NCc3ccccn3)c3c(-c4ccccc4)cccc3n2)cc1S. The zero-order valence-electron chi connectivity index (χ0n) is 17.1. The van der Waals surface area contributed by atoms with Gasteiger partial charge in [0.05, 0.1) is 23.1 Å². The number of thiol groups is 1. The molecular formula is C25H20N6S. The zero-order valence-corrected chi connectivity index (χ0v) is 18.0. The Balaban J connectivity index is 1.68. The fourth-order valence-electron chi connectivity index (χ4n) is 3.56. The van der Waals surface area contributed by atoms with E-state index in [9.17, 15) is 0 Å². The number of hydrogen-bond donors (Lipinski definition) is 3. The minimum Gasteiger partial charge on any atom is -0.383 e. The number of nitrogens with two attached hydrogens (primary N) is 1. The maximum absolute atomic E-state index is 5.84. The predicted molar refractivity (Wildman–Crippen MR) is 131 cm³/mol. The molecule has 0 aliphatic heterocycles. The Morgan fingerprint density at radius 3 is 2.47 bits per heavy atom. The first-order valence-corrected chi connectivity index (χ1v) is 10.6. The smallest absolute Gasteiger partial charge is 0.163 e. The highest BCUT2D eigenvalue weighted by Gasteiger charge is 2.15. The van der Waals surface area contributed by atoms with Crippen molar-refractivity contribution in [3.05, 3.63) is 90.9 Å². The van der Waals surface area contributed by atoms with Gasteiger partial charge in [-0.05, 0) is 35.4 Å². The molecule has 3 N–H and O–H groups in total. The summed E-state index contributed by atoms with van der Waals surface area (Å²) in [5.74, 6) is 1.65. The molecule has 3 aromatic heterocycles. The lowest BCUT2D eigenvalue weighted by Crippen LogP contribution is -2.06. The summed E-state index contributed by atoms with van der Waals surface area (Å²) in [6, 6.07) is 24.0. The highest BCUT2D eigenvalue weighted by atomic mass is 32.1. The van der Waals surface area contributed by atoms with Crippen molar-refractivity contribution in [3.63, 3.8) is 0 Å². The molecule has 5 aromatic rings. The van der Waals surface area contributed by atoms with Crippen LogP contribution in [0.3, 0.4) is 0 Å². The number of hydrogen-bond acceptors (Lipinski definition) is 7. The average molecular weight is 437 g/mol. The molecule has 7 heteroatoms. The second kappa shape index (κ2) is 8.64. The summed E-state index contributed by atoms with van der Waals surface area (Å²) in [5, 5.41) is 4.42. The van der Waals surface area contributed by atoms with E-state index in [1.807, 2.05) is 54.6 Å². The standard InChI is InChI=1S/C25H20N6S/c26-23-21(32)13-17(14-28-23)24-30-20-11-6-10-19(16-7-2-1-3-8-16)22(20)25(31-24)29-15-18-9-4-5-12-27-18/h1-14,32H,15H2,(H2,26,28)(H,29,30,31). The molecule has 0 radical (unpaired) electrons. The molecule has 0 aliphatic rings. The van der Waals surface area contributed by atoms with Gasteiger partial charge in [0.2, 0.25) is 0 Å². The number of aromatic nitrogens is 4. The van der Waals surface area contributed by atoms with Crippen LogP contribution >= 0.6 is 12.6 Å². The molecule has 0 bridgehead atoms. The molecule has 0 unspecified atom stereocenters. The van der Waals surface area contributed by atoms with Crippen LogP contribution in [0.5, 0.6) is 0 Å². The van der Waals surface area contributed by atoms with Crippen LogP contribution in [0, 0.1) is 0 Å². The van der Waals surface area contributed by atoms with Crippen LogP contribution in [-0.4, -0.2) is 19.9 Å². The van der Waals surface area contributed by atoms with Crippen molar-refractivity contribution in [2.45, 2.75) is 11.4 Å². The van der Waals surface area contributed by atoms with Gasteiger partial charge in [0.15, 0.2) is 5.82 Å². The summed E-state index contributed by atoms with van der Waals surface area (Å²) >= 11 is 4.40. The van der Waals surface area contributed by atoms with E-state index in [1.165, 1.54) is 0 Å².